The molecule has 1 aliphatic rings. The number of fused-ring (bicyclic) bond motifs is 1. The predicted molar refractivity (Wildman–Crippen MR) is 160 cm³/mol. The van der Waals surface area contributed by atoms with Gasteiger partial charge < -0.3 is 25.2 Å². The van der Waals surface area contributed by atoms with E-state index in [9.17, 15) is 23.6 Å². The number of hydrogen-bond donors (Lipinski definition) is 3. The van der Waals surface area contributed by atoms with E-state index in [1.54, 1.807) is 19.1 Å². The van der Waals surface area contributed by atoms with Crippen LogP contribution in [0.15, 0.2) is 48.7 Å². The van der Waals surface area contributed by atoms with Gasteiger partial charge in [0, 0.05) is 41.7 Å². The molecule has 222 valence electrons. The van der Waals surface area contributed by atoms with Crippen LogP contribution in [0.25, 0.3) is 10.9 Å². The van der Waals surface area contributed by atoms with Crippen LogP contribution in [0, 0.1) is 11.7 Å². The molecule has 2 heterocycles. The summed E-state index contributed by atoms with van der Waals surface area (Å²) in [6, 6.07) is 11.4. The first-order chi connectivity index (χ1) is 20.1. The van der Waals surface area contributed by atoms with Crippen LogP contribution in [0.2, 0.25) is 0 Å². The van der Waals surface area contributed by atoms with Crippen molar-refractivity contribution >= 4 is 47.3 Å². The molecule has 11 heteroatoms. The highest BCUT2D eigenvalue weighted by Crippen LogP contribution is 2.24. The van der Waals surface area contributed by atoms with E-state index >= 15 is 0 Å². The second-order valence-electron chi connectivity index (χ2n) is 11.1. The maximum absolute atomic E-state index is 14.8. The summed E-state index contributed by atoms with van der Waals surface area (Å²) in [4.78, 5) is 48.8. The molecule has 0 saturated carbocycles. The van der Waals surface area contributed by atoms with E-state index < -0.39 is 17.8 Å². The highest BCUT2D eigenvalue weighted by Gasteiger charge is 2.25. The number of hydrogen-bond acceptors (Lipinski definition) is 7. The maximum Gasteiger partial charge on any atom is 0.377 e. The van der Waals surface area contributed by atoms with Gasteiger partial charge in [-0.1, -0.05) is 37.3 Å². The Balaban J connectivity index is 1.28. The van der Waals surface area contributed by atoms with Crippen LogP contribution in [0.1, 0.15) is 44.7 Å². The van der Waals surface area contributed by atoms with Crippen molar-refractivity contribution in [2.45, 2.75) is 65.2 Å². The zero-order valence-electron chi connectivity index (χ0n) is 24.4. The zero-order chi connectivity index (χ0) is 30.2. The summed E-state index contributed by atoms with van der Waals surface area (Å²) < 4.78 is 22.1. The quantitative estimate of drug-likeness (QED) is 0.250. The van der Waals surface area contributed by atoms with Crippen molar-refractivity contribution in [3.05, 3.63) is 65.6 Å². The van der Waals surface area contributed by atoms with E-state index in [0.29, 0.717) is 17.4 Å². The van der Waals surface area contributed by atoms with Gasteiger partial charge in [-0.2, -0.15) is 0 Å². The number of carbonyl (C=O) groups excluding carboxylic acids is 4. The molecule has 3 aromatic rings. The highest BCUT2D eigenvalue weighted by atomic mass is 19.1. The van der Waals surface area contributed by atoms with E-state index in [1.165, 1.54) is 13.0 Å². The molecular weight excluding hydrogens is 538 g/mol. The number of para-hydroxylation sites is 1. The normalized spacial score (nSPS) is 16.1. The van der Waals surface area contributed by atoms with Crippen LogP contribution in [-0.2, 0) is 43.3 Å². The molecule has 1 amide bonds. The minimum atomic E-state index is -0.701. The standard InChI is InChI=1S/C31H38BFN4O5/c1-19(20(2)38)13-23-17-37(29-9-5-4-7-25(23)29)18-30(40)42-32-24-11-10-22(26(33)14-24)15-34-16-28(21(3)39)36-31(41)27-8-6-12-35-27/h4-5,7,9-11,14,17,19,27-28,32,34-35H,6,8,12-13,15-16,18H2,1-3H3,(H,36,41)/t19-,27-,28-/m0/s1. The molecule has 1 aliphatic heterocycles. The van der Waals surface area contributed by atoms with Crippen LogP contribution in [0.3, 0.4) is 0 Å². The third-order valence-electron chi connectivity index (χ3n) is 7.76. The van der Waals surface area contributed by atoms with Crippen LogP contribution in [0.5, 0.6) is 0 Å². The molecule has 1 aromatic heterocycles. The van der Waals surface area contributed by atoms with E-state index in [0.717, 1.165) is 35.9 Å². The number of carbonyl (C=O) groups is 4. The molecule has 1 fully saturated rings. The summed E-state index contributed by atoms with van der Waals surface area (Å²) in [5.74, 6) is -1.32. The van der Waals surface area contributed by atoms with Crippen molar-refractivity contribution in [1.82, 2.24) is 20.5 Å². The van der Waals surface area contributed by atoms with Gasteiger partial charge in [0.1, 0.15) is 18.1 Å². The van der Waals surface area contributed by atoms with E-state index in [1.807, 2.05) is 42.0 Å². The third kappa shape index (κ3) is 8.14. The lowest BCUT2D eigenvalue weighted by molar-refractivity contribution is -0.134. The summed E-state index contributed by atoms with van der Waals surface area (Å²) in [6.45, 7) is 6.00. The number of ketones is 2. The van der Waals surface area contributed by atoms with Crippen LogP contribution in [-0.4, -0.2) is 60.7 Å². The Bertz CT molecular complexity index is 1450. The van der Waals surface area contributed by atoms with Crippen LogP contribution < -0.4 is 21.4 Å². The first-order valence-electron chi connectivity index (χ1n) is 14.4. The number of rotatable bonds is 14. The molecule has 0 aliphatic carbocycles. The number of halogens is 1. The summed E-state index contributed by atoms with van der Waals surface area (Å²) in [5, 5.41) is 9.91. The molecular formula is C31H38BFN4O5. The van der Waals surface area contributed by atoms with E-state index in [4.69, 9.17) is 4.65 Å². The largest absolute Gasteiger partial charge is 0.533 e. The molecule has 3 N–H and O–H groups in total. The van der Waals surface area contributed by atoms with Gasteiger partial charge >= 0.3 is 13.5 Å². The molecule has 9 nitrogen and oxygen atoms in total. The average molecular weight is 576 g/mol. The molecule has 42 heavy (non-hydrogen) atoms. The van der Waals surface area contributed by atoms with Gasteiger partial charge in [0.05, 0.1) is 12.1 Å². The van der Waals surface area contributed by atoms with Crippen molar-refractivity contribution in [2.75, 3.05) is 13.1 Å². The minimum absolute atomic E-state index is 0.00981. The smallest absolute Gasteiger partial charge is 0.377 e. The van der Waals surface area contributed by atoms with Gasteiger partial charge in [0.2, 0.25) is 5.91 Å². The fourth-order valence-electron chi connectivity index (χ4n) is 5.09. The predicted octanol–water partition coefficient (Wildman–Crippen LogP) is 1.68. The molecule has 4 rings (SSSR count). The summed E-state index contributed by atoms with van der Waals surface area (Å²) >= 11 is 0. The molecule has 0 unspecified atom stereocenters. The third-order valence-corrected chi connectivity index (χ3v) is 7.76. The summed E-state index contributed by atoms with van der Waals surface area (Å²) in [7, 11) is -0.0788. The molecule has 2 aromatic carbocycles. The lowest BCUT2D eigenvalue weighted by atomic mass is 9.87. The summed E-state index contributed by atoms with van der Waals surface area (Å²) in [5.41, 5.74) is 2.78. The Kier molecular flexibility index (Phi) is 10.7. The average Bonchev–Trinajstić information content (AvgIpc) is 3.61. The van der Waals surface area contributed by atoms with Crippen molar-refractivity contribution in [1.29, 1.82) is 0 Å². The lowest BCUT2D eigenvalue weighted by Gasteiger charge is -2.19. The number of aromatic nitrogens is 1. The lowest BCUT2D eigenvalue weighted by Crippen LogP contribution is -2.51. The second-order valence-corrected chi connectivity index (χ2v) is 11.1. The van der Waals surface area contributed by atoms with E-state index in [2.05, 4.69) is 16.0 Å². The van der Waals surface area contributed by atoms with Gasteiger partial charge in [0.15, 0.2) is 5.78 Å². The van der Waals surface area contributed by atoms with Crippen molar-refractivity contribution in [2.24, 2.45) is 5.92 Å². The SMILES string of the molecule is CC(=O)[C@H](CNCc1ccc(BOC(=O)Cn2cc(C[C@H](C)C(C)=O)c3ccccc32)cc1F)NC(=O)[C@@H]1CCCN1. The Morgan fingerprint density at radius 2 is 1.90 bits per heavy atom. The van der Waals surface area contributed by atoms with Gasteiger partial charge in [-0.15, -0.1) is 0 Å². The Hall–Kier alpha value is -3.83. The van der Waals surface area contributed by atoms with Crippen LogP contribution >= 0.6 is 0 Å². The fraction of sp³-hybridized carbons (Fsp3) is 0.419. The first kappa shape index (κ1) is 31.1. The van der Waals surface area contributed by atoms with E-state index in [-0.39, 0.29) is 56.6 Å². The van der Waals surface area contributed by atoms with Crippen molar-refractivity contribution in [3.8, 4) is 0 Å². The second kappa shape index (κ2) is 14.4. The molecule has 1 saturated heterocycles. The number of benzene rings is 2. The Morgan fingerprint density at radius 3 is 2.60 bits per heavy atom. The highest BCUT2D eigenvalue weighted by molar-refractivity contribution is 6.48. The van der Waals surface area contributed by atoms with Crippen LogP contribution in [0.4, 0.5) is 4.39 Å². The zero-order valence-corrected chi connectivity index (χ0v) is 24.4. The van der Waals surface area contributed by atoms with Gasteiger partial charge in [-0.3, -0.25) is 19.2 Å². The Morgan fingerprint density at radius 1 is 1.12 bits per heavy atom. The topological polar surface area (TPSA) is 119 Å². The monoisotopic (exact) mass is 576 g/mol. The first-order valence-corrected chi connectivity index (χ1v) is 14.4. The van der Waals surface area contributed by atoms with Crippen molar-refractivity contribution in [3.63, 3.8) is 0 Å². The van der Waals surface area contributed by atoms with Gasteiger partial charge in [0.25, 0.3) is 0 Å². The number of nitrogens with one attached hydrogen (secondary N) is 3. The van der Waals surface area contributed by atoms with Gasteiger partial charge in [-0.25, -0.2) is 4.39 Å². The number of nitrogens with zero attached hydrogens (tertiary/aromatic N) is 1. The Labute approximate surface area is 245 Å². The summed E-state index contributed by atoms with van der Waals surface area (Å²) in [6.07, 6.45) is 4.13. The molecule has 0 bridgehead atoms. The fourth-order valence-corrected chi connectivity index (χ4v) is 5.09. The number of amides is 1. The molecule has 3 atom stereocenters. The van der Waals surface area contributed by atoms with Gasteiger partial charge in [-0.05, 0) is 62.8 Å². The van der Waals surface area contributed by atoms with Crippen molar-refractivity contribution < 1.29 is 28.2 Å². The molecule has 0 radical (unpaired) electrons. The minimum Gasteiger partial charge on any atom is -0.533 e. The number of Topliss-reactive ketones (excluding diaryl/α,β-unsaturated/α-hetero) is 2. The molecule has 0 spiro atoms. The maximum atomic E-state index is 14.8.